The van der Waals surface area contributed by atoms with Crippen LogP contribution in [0, 0.1) is 28.6 Å². The van der Waals surface area contributed by atoms with Crippen molar-refractivity contribution >= 4 is 18.2 Å². The number of esters is 2. The van der Waals surface area contributed by atoms with Gasteiger partial charge in [0.2, 0.25) is 0 Å². The van der Waals surface area contributed by atoms with Crippen molar-refractivity contribution < 1.29 is 29.0 Å². The lowest BCUT2D eigenvalue weighted by Crippen LogP contribution is -2.61. The van der Waals surface area contributed by atoms with Crippen LogP contribution in [-0.4, -0.2) is 41.6 Å². The molecule has 1 aliphatic heterocycles. The highest BCUT2D eigenvalue weighted by Crippen LogP contribution is 2.68. The van der Waals surface area contributed by atoms with E-state index in [1.54, 1.807) is 6.08 Å². The predicted octanol–water partition coefficient (Wildman–Crippen LogP) is 3.27. The molecule has 0 spiro atoms. The molecule has 4 aliphatic carbocycles. The van der Waals surface area contributed by atoms with E-state index in [1.165, 1.54) is 6.92 Å². The number of cyclic esters (lactones) is 1. The third-order valence-electron chi connectivity index (χ3n) is 9.53. The van der Waals surface area contributed by atoms with Gasteiger partial charge < -0.3 is 19.4 Å². The van der Waals surface area contributed by atoms with Crippen molar-refractivity contribution in [2.24, 2.45) is 28.6 Å². The SMILES string of the molecule is CC(=O)O[C@H]1CC[C@@]2(C=O)C(=CCC3C2CC[C@]2(C)C(C4=CC(=O)OC4)CC[C@]32O)C1. The molecule has 0 radical (unpaired) electrons. The van der Waals surface area contributed by atoms with Gasteiger partial charge in [0.1, 0.15) is 19.0 Å². The summed E-state index contributed by atoms with van der Waals surface area (Å²) in [5.74, 6) is -0.287. The molecule has 0 aromatic heterocycles. The van der Waals surface area contributed by atoms with Crippen LogP contribution in [0.1, 0.15) is 65.2 Å². The van der Waals surface area contributed by atoms with E-state index in [-0.39, 0.29) is 41.2 Å². The van der Waals surface area contributed by atoms with Crippen molar-refractivity contribution in [3.63, 3.8) is 0 Å². The zero-order valence-electron chi connectivity index (χ0n) is 18.4. The molecule has 31 heavy (non-hydrogen) atoms. The molecule has 7 atom stereocenters. The number of ether oxygens (including phenoxy) is 2. The minimum atomic E-state index is -0.863. The number of carbonyl (C=O) groups excluding carboxylic acids is 3. The van der Waals surface area contributed by atoms with Gasteiger partial charge >= 0.3 is 11.9 Å². The van der Waals surface area contributed by atoms with Gasteiger partial charge in [-0.05, 0) is 68.3 Å². The smallest absolute Gasteiger partial charge is 0.331 e. The number of allylic oxidation sites excluding steroid dienone is 1. The molecule has 0 amide bonds. The quantitative estimate of drug-likeness (QED) is 0.422. The molecular formula is C25H32O6. The topological polar surface area (TPSA) is 89.9 Å². The molecule has 1 heterocycles. The van der Waals surface area contributed by atoms with E-state index >= 15 is 0 Å². The first kappa shape index (κ1) is 20.9. The molecule has 3 saturated carbocycles. The molecule has 0 saturated heterocycles. The summed E-state index contributed by atoms with van der Waals surface area (Å²) in [7, 11) is 0. The number of hydrogen-bond donors (Lipinski definition) is 1. The maximum absolute atomic E-state index is 12.6. The van der Waals surface area contributed by atoms with Gasteiger partial charge in [0.15, 0.2) is 0 Å². The van der Waals surface area contributed by atoms with E-state index in [1.807, 2.05) is 0 Å². The van der Waals surface area contributed by atoms with Crippen LogP contribution in [0.5, 0.6) is 0 Å². The van der Waals surface area contributed by atoms with Gasteiger partial charge in [-0.15, -0.1) is 0 Å². The van der Waals surface area contributed by atoms with E-state index in [4.69, 9.17) is 9.47 Å². The Balaban J connectivity index is 1.47. The van der Waals surface area contributed by atoms with Crippen LogP contribution in [0.2, 0.25) is 0 Å². The molecule has 5 rings (SSSR count). The summed E-state index contributed by atoms with van der Waals surface area (Å²) >= 11 is 0. The number of rotatable bonds is 3. The summed E-state index contributed by atoms with van der Waals surface area (Å²) in [4.78, 5) is 35.7. The number of hydrogen-bond acceptors (Lipinski definition) is 6. The van der Waals surface area contributed by atoms with Crippen LogP contribution < -0.4 is 0 Å². The average Bonchev–Trinajstić information content (AvgIpc) is 3.27. The first-order valence-corrected chi connectivity index (χ1v) is 11.7. The zero-order chi connectivity index (χ0) is 22.0. The van der Waals surface area contributed by atoms with Gasteiger partial charge in [-0.3, -0.25) is 4.79 Å². The predicted molar refractivity (Wildman–Crippen MR) is 112 cm³/mol. The Morgan fingerprint density at radius 1 is 1.23 bits per heavy atom. The number of carbonyl (C=O) groups is 3. The van der Waals surface area contributed by atoms with E-state index in [9.17, 15) is 19.5 Å². The van der Waals surface area contributed by atoms with E-state index in [0.717, 1.165) is 43.1 Å². The molecule has 3 fully saturated rings. The number of fused-ring (bicyclic) bond motifs is 5. The normalized spacial score (nSPS) is 46.1. The highest BCUT2D eigenvalue weighted by Gasteiger charge is 2.67. The second-order valence-electron chi connectivity index (χ2n) is 10.6. The first-order chi connectivity index (χ1) is 14.7. The maximum atomic E-state index is 12.6. The zero-order valence-corrected chi connectivity index (χ0v) is 18.4. The lowest BCUT2D eigenvalue weighted by atomic mass is 9.45. The Hall–Kier alpha value is -1.95. The number of aldehydes is 1. The average molecular weight is 429 g/mol. The second kappa shape index (κ2) is 7.03. The van der Waals surface area contributed by atoms with Crippen LogP contribution in [0.15, 0.2) is 23.3 Å². The van der Waals surface area contributed by atoms with Crippen LogP contribution >= 0.6 is 0 Å². The number of aliphatic hydroxyl groups is 1. The third kappa shape index (κ3) is 2.83. The summed E-state index contributed by atoms with van der Waals surface area (Å²) in [5, 5.41) is 12.2. The summed E-state index contributed by atoms with van der Waals surface area (Å²) in [6.45, 7) is 3.94. The van der Waals surface area contributed by atoms with Crippen LogP contribution in [0.3, 0.4) is 0 Å². The highest BCUT2D eigenvalue weighted by molar-refractivity contribution is 5.85. The molecule has 0 aromatic carbocycles. The van der Waals surface area contributed by atoms with Crippen molar-refractivity contribution in [1.82, 2.24) is 0 Å². The first-order valence-electron chi connectivity index (χ1n) is 11.7. The lowest BCUT2D eigenvalue weighted by molar-refractivity contribution is -0.179. The molecule has 168 valence electrons. The fourth-order valence-corrected chi connectivity index (χ4v) is 8.04. The summed E-state index contributed by atoms with van der Waals surface area (Å²) in [5.41, 5.74) is 0.373. The molecule has 5 aliphatic rings. The minimum Gasteiger partial charge on any atom is -0.462 e. The summed E-state index contributed by atoms with van der Waals surface area (Å²) in [6, 6.07) is 0. The van der Waals surface area contributed by atoms with E-state index in [2.05, 4.69) is 13.0 Å². The molecule has 6 heteroatoms. The van der Waals surface area contributed by atoms with Crippen LogP contribution in [0.4, 0.5) is 0 Å². The Labute approximate surface area is 183 Å². The Morgan fingerprint density at radius 3 is 2.71 bits per heavy atom. The van der Waals surface area contributed by atoms with Crippen molar-refractivity contribution in [3.8, 4) is 0 Å². The van der Waals surface area contributed by atoms with Crippen LogP contribution in [-0.2, 0) is 23.9 Å². The Morgan fingerprint density at radius 2 is 2.03 bits per heavy atom. The van der Waals surface area contributed by atoms with Gasteiger partial charge in [0, 0.05) is 24.8 Å². The molecule has 6 nitrogen and oxygen atoms in total. The monoisotopic (exact) mass is 428 g/mol. The summed E-state index contributed by atoms with van der Waals surface area (Å²) in [6.07, 6.45) is 10.7. The largest absolute Gasteiger partial charge is 0.462 e. The molecule has 3 unspecified atom stereocenters. The van der Waals surface area contributed by atoms with Crippen molar-refractivity contribution in [2.75, 3.05) is 6.61 Å². The lowest BCUT2D eigenvalue weighted by Gasteiger charge is -2.60. The fraction of sp³-hybridized carbons (Fsp3) is 0.720. The van der Waals surface area contributed by atoms with Gasteiger partial charge in [0.25, 0.3) is 0 Å². The van der Waals surface area contributed by atoms with Crippen molar-refractivity contribution in [2.45, 2.75) is 76.9 Å². The third-order valence-corrected chi connectivity index (χ3v) is 9.53. The van der Waals surface area contributed by atoms with Crippen molar-refractivity contribution in [3.05, 3.63) is 23.3 Å². The Bertz CT molecular complexity index is 888. The van der Waals surface area contributed by atoms with Gasteiger partial charge in [0.05, 0.1) is 11.0 Å². The molecular weight excluding hydrogens is 396 g/mol. The summed E-state index contributed by atoms with van der Waals surface area (Å²) < 4.78 is 10.6. The van der Waals surface area contributed by atoms with E-state index in [0.29, 0.717) is 32.3 Å². The molecule has 1 N–H and O–H groups in total. The van der Waals surface area contributed by atoms with Crippen LogP contribution in [0.25, 0.3) is 0 Å². The fourth-order valence-electron chi connectivity index (χ4n) is 8.04. The van der Waals surface area contributed by atoms with Gasteiger partial charge in [-0.2, -0.15) is 0 Å². The minimum absolute atomic E-state index is 0.0223. The molecule has 0 aromatic rings. The van der Waals surface area contributed by atoms with E-state index < -0.39 is 11.0 Å². The maximum Gasteiger partial charge on any atom is 0.331 e. The standard InChI is InChI=1S/C25H32O6/c1-15(27)31-18-5-9-24(14-26)17(12-18)3-4-21-20(24)6-8-23(2)19(7-10-25(21,23)29)16-11-22(28)30-13-16/h3,11,14,18-21,29H,4-10,12-13H2,1-2H3/t18-,19?,20?,21?,23+,24+,25-/m0/s1. The highest BCUT2D eigenvalue weighted by atomic mass is 16.5. The van der Waals surface area contributed by atoms with Gasteiger partial charge in [-0.25, -0.2) is 4.79 Å². The molecule has 0 bridgehead atoms. The Kier molecular flexibility index (Phi) is 4.74. The van der Waals surface area contributed by atoms with Gasteiger partial charge in [-0.1, -0.05) is 18.6 Å². The van der Waals surface area contributed by atoms with Crippen molar-refractivity contribution in [1.29, 1.82) is 0 Å². The second-order valence-corrected chi connectivity index (χ2v) is 10.6.